The molecule has 0 atom stereocenters. The van der Waals surface area contributed by atoms with Gasteiger partial charge in [-0.25, -0.2) is 0 Å². The Kier molecular flexibility index (Phi) is 5.40. The fraction of sp³-hybridized carbons (Fsp3) is 0.0833. The summed E-state index contributed by atoms with van der Waals surface area (Å²) in [5.41, 5.74) is 2.71. The van der Waals surface area contributed by atoms with E-state index in [1.54, 1.807) is 18.2 Å². The van der Waals surface area contributed by atoms with Gasteiger partial charge in [0.2, 0.25) is 0 Å². The minimum Gasteiger partial charge on any atom is -0.457 e. The molecule has 4 aromatic rings. The molecule has 4 rings (SSSR count). The lowest BCUT2D eigenvalue weighted by molar-refractivity contribution is 0.0997. The highest BCUT2D eigenvalue weighted by molar-refractivity contribution is 7.16. The van der Waals surface area contributed by atoms with E-state index in [4.69, 9.17) is 4.74 Å². The Balaban J connectivity index is 1.70. The molecule has 4 nitrogen and oxygen atoms in total. The van der Waals surface area contributed by atoms with Gasteiger partial charge in [-0.1, -0.05) is 47.7 Å². The first-order chi connectivity index (χ1) is 14.1. The largest absolute Gasteiger partial charge is 0.457 e. The molecule has 0 aliphatic carbocycles. The minimum atomic E-state index is -0.301. The van der Waals surface area contributed by atoms with Gasteiger partial charge in [0.15, 0.2) is 4.80 Å². The average molecular weight is 401 g/mol. The van der Waals surface area contributed by atoms with Crippen molar-refractivity contribution >= 4 is 27.5 Å². The summed E-state index contributed by atoms with van der Waals surface area (Å²) in [6.45, 7) is 6.47. The number of benzene rings is 3. The second kappa shape index (κ2) is 8.29. The van der Waals surface area contributed by atoms with Crippen molar-refractivity contribution in [3.63, 3.8) is 0 Å². The van der Waals surface area contributed by atoms with Crippen LogP contribution >= 0.6 is 11.3 Å². The normalized spacial score (nSPS) is 11.6. The van der Waals surface area contributed by atoms with E-state index in [2.05, 4.69) is 36.7 Å². The smallest absolute Gasteiger partial charge is 0.279 e. The quantitative estimate of drug-likeness (QED) is 0.402. The molecular formula is C24H20N2O2S. The summed E-state index contributed by atoms with van der Waals surface area (Å²) < 4.78 is 8.94. The Labute approximate surface area is 173 Å². The number of amides is 1. The van der Waals surface area contributed by atoms with Crippen LogP contribution in [0, 0.1) is 6.92 Å². The van der Waals surface area contributed by atoms with E-state index in [0.717, 1.165) is 16.0 Å². The van der Waals surface area contributed by atoms with Crippen LogP contribution in [0.5, 0.6) is 11.5 Å². The molecule has 0 aliphatic rings. The molecule has 1 heterocycles. The molecule has 0 saturated carbocycles. The second-order valence-electron chi connectivity index (χ2n) is 6.61. The number of carbonyl (C=O) groups is 1. The monoisotopic (exact) mass is 400 g/mol. The lowest BCUT2D eigenvalue weighted by atomic mass is 10.2. The molecule has 3 aromatic carbocycles. The van der Waals surface area contributed by atoms with Crippen LogP contribution in [0.15, 0.2) is 90.4 Å². The van der Waals surface area contributed by atoms with E-state index in [1.165, 1.54) is 16.9 Å². The topological polar surface area (TPSA) is 43.6 Å². The number of aryl methyl sites for hydroxylation is 1. The number of para-hydroxylation sites is 1. The third-order valence-electron chi connectivity index (χ3n) is 4.41. The molecular weight excluding hydrogens is 380 g/mol. The molecule has 0 bridgehead atoms. The van der Waals surface area contributed by atoms with Crippen molar-refractivity contribution in [3.8, 4) is 11.5 Å². The fourth-order valence-corrected chi connectivity index (χ4v) is 4.18. The number of allylic oxidation sites excluding steroid dienone is 1. The van der Waals surface area contributed by atoms with Crippen molar-refractivity contribution in [3.05, 3.63) is 101 Å². The van der Waals surface area contributed by atoms with Gasteiger partial charge in [-0.3, -0.25) is 4.79 Å². The highest BCUT2D eigenvalue weighted by Crippen LogP contribution is 2.23. The first-order valence-corrected chi connectivity index (χ1v) is 10.1. The second-order valence-corrected chi connectivity index (χ2v) is 7.62. The first kappa shape index (κ1) is 18.9. The molecule has 0 aliphatic heterocycles. The molecule has 0 N–H and O–H groups in total. The van der Waals surface area contributed by atoms with Gasteiger partial charge in [-0.2, -0.15) is 4.99 Å². The summed E-state index contributed by atoms with van der Waals surface area (Å²) in [5, 5.41) is 0. The number of thiazole rings is 1. The molecule has 0 spiro atoms. The Morgan fingerprint density at radius 1 is 1.07 bits per heavy atom. The number of hydrogen-bond acceptors (Lipinski definition) is 3. The number of rotatable bonds is 5. The number of nitrogens with zero attached hydrogens (tertiary/aromatic N) is 2. The van der Waals surface area contributed by atoms with Crippen molar-refractivity contribution < 1.29 is 9.53 Å². The number of fused-ring (bicyclic) bond motifs is 1. The van der Waals surface area contributed by atoms with Crippen molar-refractivity contribution in [1.29, 1.82) is 0 Å². The van der Waals surface area contributed by atoms with E-state index in [-0.39, 0.29) is 5.91 Å². The molecule has 1 aromatic heterocycles. The van der Waals surface area contributed by atoms with Gasteiger partial charge in [-0.05, 0) is 55.0 Å². The number of hydrogen-bond donors (Lipinski definition) is 0. The Morgan fingerprint density at radius 2 is 1.86 bits per heavy atom. The van der Waals surface area contributed by atoms with Crippen molar-refractivity contribution in [2.45, 2.75) is 13.5 Å². The molecule has 0 saturated heterocycles. The van der Waals surface area contributed by atoms with Crippen LogP contribution in [-0.4, -0.2) is 10.5 Å². The van der Waals surface area contributed by atoms with Crippen LogP contribution in [0.25, 0.3) is 10.2 Å². The van der Waals surface area contributed by atoms with E-state index >= 15 is 0 Å². The number of aromatic nitrogens is 1. The lowest BCUT2D eigenvalue weighted by Gasteiger charge is -2.06. The zero-order valence-electron chi connectivity index (χ0n) is 16.0. The standard InChI is InChI=1S/C24H20N2O2S/c1-3-14-26-21-13-12-17(2)15-22(21)29-24(26)25-23(27)18-8-7-11-20(16-18)28-19-9-5-4-6-10-19/h3-13,15-16H,1,14H2,2H3. The van der Waals surface area contributed by atoms with Crippen LogP contribution in [-0.2, 0) is 6.54 Å². The SMILES string of the molecule is C=CCn1c(=NC(=O)c2cccc(Oc3ccccc3)c2)sc2cc(C)ccc21. The van der Waals surface area contributed by atoms with Gasteiger partial charge in [0.1, 0.15) is 11.5 Å². The third-order valence-corrected chi connectivity index (χ3v) is 5.45. The van der Waals surface area contributed by atoms with Gasteiger partial charge in [0.25, 0.3) is 5.91 Å². The molecule has 0 radical (unpaired) electrons. The van der Waals surface area contributed by atoms with E-state index in [1.807, 2.05) is 47.0 Å². The molecule has 144 valence electrons. The van der Waals surface area contributed by atoms with Crippen LogP contribution in [0.1, 0.15) is 15.9 Å². The maximum absolute atomic E-state index is 12.9. The maximum Gasteiger partial charge on any atom is 0.279 e. The number of ether oxygens (including phenoxy) is 1. The van der Waals surface area contributed by atoms with Crippen molar-refractivity contribution in [2.75, 3.05) is 0 Å². The zero-order valence-corrected chi connectivity index (χ0v) is 16.9. The molecule has 5 heteroatoms. The van der Waals surface area contributed by atoms with Crippen molar-refractivity contribution in [1.82, 2.24) is 4.57 Å². The predicted octanol–water partition coefficient (Wildman–Crippen LogP) is 5.73. The summed E-state index contributed by atoms with van der Waals surface area (Å²) >= 11 is 1.50. The van der Waals surface area contributed by atoms with Crippen LogP contribution < -0.4 is 9.54 Å². The minimum absolute atomic E-state index is 0.301. The van der Waals surface area contributed by atoms with E-state index in [0.29, 0.717) is 22.7 Å². The van der Waals surface area contributed by atoms with Gasteiger partial charge < -0.3 is 9.30 Å². The first-order valence-electron chi connectivity index (χ1n) is 9.27. The number of carbonyl (C=O) groups excluding carboxylic acids is 1. The van der Waals surface area contributed by atoms with E-state index in [9.17, 15) is 4.79 Å². The molecule has 29 heavy (non-hydrogen) atoms. The maximum atomic E-state index is 12.9. The lowest BCUT2D eigenvalue weighted by Crippen LogP contribution is -2.16. The Morgan fingerprint density at radius 3 is 2.66 bits per heavy atom. The van der Waals surface area contributed by atoms with Gasteiger partial charge in [0, 0.05) is 12.1 Å². The molecule has 1 amide bonds. The summed E-state index contributed by atoms with van der Waals surface area (Å²) in [6.07, 6.45) is 1.81. The van der Waals surface area contributed by atoms with Crippen LogP contribution in [0.2, 0.25) is 0 Å². The predicted molar refractivity (Wildman–Crippen MR) is 118 cm³/mol. The van der Waals surface area contributed by atoms with Gasteiger partial charge in [0.05, 0.1) is 10.2 Å². The fourth-order valence-electron chi connectivity index (χ4n) is 3.04. The summed E-state index contributed by atoms with van der Waals surface area (Å²) in [7, 11) is 0. The summed E-state index contributed by atoms with van der Waals surface area (Å²) in [4.78, 5) is 17.9. The molecule has 0 fully saturated rings. The highest BCUT2D eigenvalue weighted by Gasteiger charge is 2.10. The highest BCUT2D eigenvalue weighted by atomic mass is 32.1. The average Bonchev–Trinajstić information content (AvgIpc) is 3.05. The van der Waals surface area contributed by atoms with E-state index < -0.39 is 0 Å². The van der Waals surface area contributed by atoms with Crippen LogP contribution in [0.4, 0.5) is 0 Å². The summed E-state index contributed by atoms with van der Waals surface area (Å²) in [6, 6.07) is 22.8. The van der Waals surface area contributed by atoms with Gasteiger partial charge in [-0.15, -0.1) is 6.58 Å². The van der Waals surface area contributed by atoms with Crippen molar-refractivity contribution in [2.24, 2.45) is 4.99 Å². The third kappa shape index (κ3) is 4.20. The Bertz CT molecular complexity index is 1250. The zero-order chi connectivity index (χ0) is 20.2. The van der Waals surface area contributed by atoms with Crippen LogP contribution in [0.3, 0.4) is 0 Å². The summed E-state index contributed by atoms with van der Waals surface area (Å²) in [5.74, 6) is 1.02. The molecule has 0 unspecified atom stereocenters. The van der Waals surface area contributed by atoms with Gasteiger partial charge >= 0.3 is 0 Å². The Hall–Kier alpha value is -3.44.